The zero-order valence-corrected chi connectivity index (χ0v) is 9.75. The molecule has 0 N–H and O–H groups in total. The van der Waals surface area contributed by atoms with Gasteiger partial charge in [-0.3, -0.25) is 0 Å². The third kappa shape index (κ3) is 2.01. The molecule has 0 aromatic carbocycles. The monoisotopic (exact) mass is 209 g/mol. The highest BCUT2D eigenvalue weighted by Crippen LogP contribution is 2.41. The van der Waals surface area contributed by atoms with Crippen molar-refractivity contribution in [3.8, 4) is 0 Å². The highest BCUT2D eigenvalue weighted by molar-refractivity contribution is 5.69. The lowest BCUT2D eigenvalue weighted by Crippen LogP contribution is -2.41. The van der Waals surface area contributed by atoms with Crippen LogP contribution in [-0.4, -0.2) is 29.2 Å². The first kappa shape index (κ1) is 10.5. The summed E-state index contributed by atoms with van der Waals surface area (Å²) in [5, 5.41) is 0. The molecular formula is C12H19NO2. The summed E-state index contributed by atoms with van der Waals surface area (Å²) in [6, 6.07) is 0.345. The van der Waals surface area contributed by atoms with Gasteiger partial charge in [-0.2, -0.15) is 0 Å². The van der Waals surface area contributed by atoms with Crippen LogP contribution in [-0.2, 0) is 4.74 Å². The van der Waals surface area contributed by atoms with E-state index in [9.17, 15) is 4.79 Å². The standard InChI is InChI=1S/C12H19NO2/c1-8-5-10-6-9(8)7-13(10)11(14)15-12(2,3)4/h9-10H,1,5-7H2,2-4H3/t9-,10+/m1/s1. The van der Waals surface area contributed by atoms with Gasteiger partial charge in [0.2, 0.25) is 0 Å². The Kier molecular flexibility index (Phi) is 2.28. The quantitative estimate of drug-likeness (QED) is 0.574. The molecule has 2 atom stereocenters. The van der Waals surface area contributed by atoms with Crippen molar-refractivity contribution in [3.63, 3.8) is 0 Å². The molecule has 0 aromatic rings. The molecule has 1 saturated carbocycles. The molecule has 0 aromatic heterocycles. The number of hydrogen-bond acceptors (Lipinski definition) is 2. The summed E-state index contributed by atoms with van der Waals surface area (Å²) in [5.74, 6) is 0.516. The van der Waals surface area contributed by atoms with Crippen molar-refractivity contribution in [1.29, 1.82) is 0 Å². The second-order valence-electron chi connectivity index (χ2n) is 5.58. The molecule has 1 aliphatic carbocycles. The smallest absolute Gasteiger partial charge is 0.410 e. The molecule has 3 heteroatoms. The Labute approximate surface area is 91.1 Å². The van der Waals surface area contributed by atoms with Gasteiger partial charge in [-0.25, -0.2) is 4.79 Å². The highest BCUT2D eigenvalue weighted by Gasteiger charge is 2.43. The number of likely N-dealkylation sites (tertiary alicyclic amines) is 1. The minimum Gasteiger partial charge on any atom is -0.444 e. The van der Waals surface area contributed by atoms with E-state index < -0.39 is 5.60 Å². The molecule has 2 fully saturated rings. The van der Waals surface area contributed by atoms with E-state index in [1.54, 1.807) is 0 Å². The minimum absolute atomic E-state index is 0.164. The highest BCUT2D eigenvalue weighted by atomic mass is 16.6. The molecule has 1 saturated heterocycles. The number of ether oxygens (including phenoxy) is 1. The van der Waals surface area contributed by atoms with Crippen LogP contribution in [0.4, 0.5) is 4.79 Å². The number of fused-ring (bicyclic) bond motifs is 2. The first-order valence-corrected chi connectivity index (χ1v) is 5.54. The van der Waals surface area contributed by atoms with Gasteiger partial charge >= 0.3 is 6.09 Å². The van der Waals surface area contributed by atoms with Crippen molar-refractivity contribution in [2.45, 2.75) is 45.3 Å². The second-order valence-corrected chi connectivity index (χ2v) is 5.58. The molecule has 84 valence electrons. The summed E-state index contributed by atoms with van der Waals surface area (Å²) in [6.07, 6.45) is 1.88. The van der Waals surface area contributed by atoms with Crippen LogP contribution in [0.2, 0.25) is 0 Å². The molecule has 0 radical (unpaired) electrons. The molecule has 15 heavy (non-hydrogen) atoms. The number of nitrogens with zero attached hydrogens (tertiary/aromatic N) is 1. The van der Waals surface area contributed by atoms with Gasteiger partial charge in [-0.05, 0) is 39.5 Å². The SMILES string of the molecule is C=C1C[C@H]2C[C@@H]1CN2C(=O)OC(C)(C)C. The molecule has 3 nitrogen and oxygen atoms in total. The third-order valence-corrected chi connectivity index (χ3v) is 3.12. The van der Waals surface area contributed by atoms with Crippen LogP contribution in [0.25, 0.3) is 0 Å². The second kappa shape index (κ2) is 3.26. The van der Waals surface area contributed by atoms with Crippen molar-refractivity contribution in [3.05, 3.63) is 12.2 Å². The van der Waals surface area contributed by atoms with Crippen LogP contribution in [0.1, 0.15) is 33.6 Å². The fourth-order valence-electron chi connectivity index (χ4n) is 2.42. The van der Waals surface area contributed by atoms with E-state index in [0.717, 1.165) is 19.4 Å². The molecule has 0 spiro atoms. The Morgan fingerprint density at radius 3 is 2.60 bits per heavy atom. The lowest BCUT2D eigenvalue weighted by molar-refractivity contribution is 0.0209. The summed E-state index contributed by atoms with van der Waals surface area (Å²) in [5.41, 5.74) is 0.912. The maximum atomic E-state index is 11.8. The average Bonchev–Trinajstić information content (AvgIpc) is 2.58. The molecule has 1 aliphatic heterocycles. The molecule has 1 amide bonds. The third-order valence-electron chi connectivity index (χ3n) is 3.12. The largest absolute Gasteiger partial charge is 0.444 e. The summed E-state index contributed by atoms with van der Waals surface area (Å²) in [7, 11) is 0. The molecule has 1 heterocycles. The van der Waals surface area contributed by atoms with Crippen molar-refractivity contribution >= 4 is 6.09 Å². The summed E-state index contributed by atoms with van der Waals surface area (Å²) < 4.78 is 5.37. The Morgan fingerprint density at radius 2 is 2.20 bits per heavy atom. The van der Waals surface area contributed by atoms with E-state index in [-0.39, 0.29) is 6.09 Å². The van der Waals surface area contributed by atoms with Gasteiger partial charge in [0.25, 0.3) is 0 Å². The molecule has 2 rings (SSSR count). The van der Waals surface area contributed by atoms with Gasteiger partial charge in [0.15, 0.2) is 0 Å². The first-order valence-electron chi connectivity index (χ1n) is 5.54. The van der Waals surface area contributed by atoms with Gasteiger partial charge in [-0.1, -0.05) is 12.2 Å². The van der Waals surface area contributed by atoms with Crippen molar-refractivity contribution < 1.29 is 9.53 Å². The van der Waals surface area contributed by atoms with E-state index in [2.05, 4.69) is 6.58 Å². The van der Waals surface area contributed by atoms with Gasteiger partial charge in [0, 0.05) is 12.6 Å². The summed E-state index contributed by atoms with van der Waals surface area (Å²) in [4.78, 5) is 13.7. The lowest BCUT2D eigenvalue weighted by atomic mass is 10.0. The van der Waals surface area contributed by atoms with Crippen molar-refractivity contribution in [2.24, 2.45) is 5.92 Å². The lowest BCUT2D eigenvalue weighted by Gasteiger charge is -2.30. The number of rotatable bonds is 0. The number of hydrogen-bond donors (Lipinski definition) is 0. The zero-order valence-electron chi connectivity index (χ0n) is 9.75. The fraction of sp³-hybridized carbons (Fsp3) is 0.750. The predicted molar refractivity (Wildman–Crippen MR) is 58.6 cm³/mol. The van der Waals surface area contributed by atoms with Crippen molar-refractivity contribution in [1.82, 2.24) is 4.90 Å². The summed E-state index contributed by atoms with van der Waals surface area (Å²) in [6.45, 7) is 10.5. The van der Waals surface area contributed by atoms with Crippen LogP contribution in [0.15, 0.2) is 12.2 Å². The van der Waals surface area contributed by atoms with Gasteiger partial charge in [0.05, 0.1) is 0 Å². The van der Waals surface area contributed by atoms with E-state index in [0.29, 0.717) is 12.0 Å². The van der Waals surface area contributed by atoms with Gasteiger partial charge < -0.3 is 9.64 Å². The predicted octanol–water partition coefficient (Wildman–Crippen LogP) is 2.57. The Bertz CT molecular complexity index is 303. The van der Waals surface area contributed by atoms with E-state index in [4.69, 9.17) is 4.74 Å². The van der Waals surface area contributed by atoms with Crippen LogP contribution < -0.4 is 0 Å². The topological polar surface area (TPSA) is 29.5 Å². The van der Waals surface area contributed by atoms with Crippen LogP contribution >= 0.6 is 0 Å². The van der Waals surface area contributed by atoms with E-state index in [1.165, 1.54) is 5.57 Å². The maximum absolute atomic E-state index is 11.8. The molecule has 2 bridgehead atoms. The fourth-order valence-corrected chi connectivity index (χ4v) is 2.42. The molecule has 0 unspecified atom stereocenters. The average molecular weight is 209 g/mol. The van der Waals surface area contributed by atoms with Crippen LogP contribution in [0.3, 0.4) is 0 Å². The maximum Gasteiger partial charge on any atom is 0.410 e. The number of carbonyl (C=O) groups is 1. The van der Waals surface area contributed by atoms with Crippen LogP contribution in [0, 0.1) is 5.92 Å². The number of amides is 1. The normalized spacial score (nSPS) is 29.8. The number of piperidine rings is 1. The van der Waals surface area contributed by atoms with Gasteiger partial charge in [-0.15, -0.1) is 0 Å². The Hall–Kier alpha value is -0.990. The number of carbonyl (C=O) groups excluding carboxylic acids is 1. The zero-order chi connectivity index (χ0) is 11.2. The minimum atomic E-state index is -0.393. The van der Waals surface area contributed by atoms with E-state index in [1.807, 2.05) is 25.7 Å². The van der Waals surface area contributed by atoms with Crippen LogP contribution in [0.5, 0.6) is 0 Å². The first-order chi connectivity index (χ1) is 6.87. The Morgan fingerprint density at radius 1 is 1.53 bits per heavy atom. The van der Waals surface area contributed by atoms with Gasteiger partial charge in [0.1, 0.15) is 5.60 Å². The molecular weight excluding hydrogens is 190 g/mol. The van der Waals surface area contributed by atoms with Crippen molar-refractivity contribution in [2.75, 3.05) is 6.54 Å². The molecule has 2 aliphatic rings. The summed E-state index contributed by atoms with van der Waals surface area (Å²) >= 11 is 0. The van der Waals surface area contributed by atoms with E-state index >= 15 is 0 Å². The Balaban J connectivity index is 1.97.